The van der Waals surface area contributed by atoms with E-state index >= 15 is 0 Å². The molecule has 1 saturated carbocycles. The van der Waals surface area contributed by atoms with Crippen LogP contribution in [0.15, 0.2) is 24.3 Å². The number of rotatable bonds is 6. The summed E-state index contributed by atoms with van der Waals surface area (Å²) >= 11 is 0. The van der Waals surface area contributed by atoms with Gasteiger partial charge in [-0.25, -0.2) is 8.42 Å². The fourth-order valence-corrected chi connectivity index (χ4v) is 4.66. The summed E-state index contributed by atoms with van der Waals surface area (Å²) in [5, 5.41) is 3.10. The van der Waals surface area contributed by atoms with Crippen LogP contribution in [0.5, 0.6) is 0 Å². The molecule has 1 aliphatic carbocycles. The molecule has 1 aliphatic rings. The Morgan fingerprint density at radius 3 is 2.26 bits per heavy atom. The minimum absolute atomic E-state index is 0.0659. The van der Waals surface area contributed by atoms with Crippen LogP contribution in [0.25, 0.3) is 0 Å². The van der Waals surface area contributed by atoms with Gasteiger partial charge in [-0.15, -0.1) is 0 Å². The molecule has 0 spiro atoms. The number of sulfonamides is 1. The van der Waals surface area contributed by atoms with Gasteiger partial charge in [0.1, 0.15) is 0 Å². The van der Waals surface area contributed by atoms with E-state index in [0.717, 1.165) is 31.2 Å². The maximum absolute atomic E-state index is 12.5. The first kappa shape index (κ1) is 21.7. The molecule has 1 fully saturated rings. The Hall–Kier alpha value is -1.56. The third-order valence-electron chi connectivity index (χ3n) is 5.14. The van der Waals surface area contributed by atoms with E-state index in [4.69, 9.17) is 0 Å². The Morgan fingerprint density at radius 1 is 1.11 bits per heavy atom. The van der Waals surface area contributed by atoms with Crippen molar-refractivity contribution < 1.29 is 13.2 Å². The number of hydrogen-bond acceptors (Lipinski definition) is 3. The molecular formula is C21H34N2O3S. The number of anilines is 1. The zero-order valence-electron chi connectivity index (χ0n) is 17.1. The molecule has 0 heterocycles. The van der Waals surface area contributed by atoms with Gasteiger partial charge in [-0.3, -0.25) is 9.10 Å². The first-order valence-electron chi connectivity index (χ1n) is 9.95. The standard InChI is InChI=1S/C21H34N2O3S/c1-21(2,3)18-13-9-10-14-19(18)23(27(4,25)26)16-15-20(24)22-17-11-7-5-6-8-12-17/h9-10,13-14,17H,5-8,11-12,15-16H2,1-4H3,(H,22,24). The van der Waals surface area contributed by atoms with Crippen LogP contribution in [0.1, 0.15) is 71.3 Å². The molecule has 6 heteroatoms. The molecule has 1 aromatic rings. The summed E-state index contributed by atoms with van der Waals surface area (Å²) < 4.78 is 26.3. The van der Waals surface area contributed by atoms with Crippen molar-refractivity contribution in [3.05, 3.63) is 29.8 Å². The largest absolute Gasteiger partial charge is 0.353 e. The number of carbonyl (C=O) groups is 1. The summed E-state index contributed by atoms with van der Waals surface area (Å²) in [6, 6.07) is 7.77. The molecule has 1 N–H and O–H groups in total. The van der Waals surface area contributed by atoms with Crippen molar-refractivity contribution in [3.8, 4) is 0 Å². The molecule has 0 radical (unpaired) electrons. The highest BCUT2D eigenvalue weighted by Crippen LogP contribution is 2.33. The van der Waals surface area contributed by atoms with Gasteiger partial charge in [0.15, 0.2) is 0 Å². The highest BCUT2D eigenvalue weighted by atomic mass is 32.2. The van der Waals surface area contributed by atoms with Crippen LogP contribution in [-0.2, 0) is 20.2 Å². The molecule has 0 atom stereocenters. The lowest BCUT2D eigenvalue weighted by molar-refractivity contribution is -0.121. The molecule has 0 aromatic heterocycles. The average molecular weight is 395 g/mol. The summed E-state index contributed by atoms with van der Waals surface area (Å²) in [5.41, 5.74) is 1.43. The quantitative estimate of drug-likeness (QED) is 0.742. The normalized spacial score (nSPS) is 16.6. The van der Waals surface area contributed by atoms with E-state index in [-0.39, 0.29) is 30.3 Å². The van der Waals surface area contributed by atoms with Gasteiger partial charge < -0.3 is 5.32 Å². The predicted octanol–water partition coefficient (Wildman–Crippen LogP) is 3.98. The third-order valence-corrected chi connectivity index (χ3v) is 6.32. The van der Waals surface area contributed by atoms with Gasteiger partial charge in [0, 0.05) is 19.0 Å². The zero-order chi connectivity index (χ0) is 20.1. The number of para-hydroxylation sites is 1. The van der Waals surface area contributed by atoms with Gasteiger partial charge in [0.05, 0.1) is 11.9 Å². The fourth-order valence-electron chi connectivity index (χ4n) is 3.72. The summed E-state index contributed by atoms with van der Waals surface area (Å²) in [5.74, 6) is -0.0659. The monoisotopic (exact) mass is 394 g/mol. The molecule has 0 saturated heterocycles. The molecule has 2 rings (SSSR count). The van der Waals surface area contributed by atoms with E-state index in [0.29, 0.717) is 5.69 Å². The van der Waals surface area contributed by atoms with E-state index < -0.39 is 10.0 Å². The topological polar surface area (TPSA) is 66.5 Å². The number of benzene rings is 1. The molecule has 27 heavy (non-hydrogen) atoms. The van der Waals surface area contributed by atoms with E-state index in [1.54, 1.807) is 0 Å². The Bertz CT molecular complexity index is 730. The van der Waals surface area contributed by atoms with Gasteiger partial charge in [0.25, 0.3) is 0 Å². The Labute approximate surface area is 164 Å². The smallest absolute Gasteiger partial charge is 0.232 e. The van der Waals surface area contributed by atoms with Crippen LogP contribution in [0.2, 0.25) is 0 Å². The molecule has 0 unspecified atom stereocenters. The highest BCUT2D eigenvalue weighted by Gasteiger charge is 2.26. The van der Waals surface area contributed by atoms with Crippen LogP contribution < -0.4 is 9.62 Å². The molecule has 0 bridgehead atoms. The summed E-state index contributed by atoms with van der Waals surface area (Å²) in [7, 11) is -3.48. The zero-order valence-corrected chi connectivity index (χ0v) is 17.9. The van der Waals surface area contributed by atoms with Crippen LogP contribution in [0, 0.1) is 0 Å². The van der Waals surface area contributed by atoms with Gasteiger partial charge >= 0.3 is 0 Å². The third kappa shape index (κ3) is 6.52. The number of nitrogens with zero attached hydrogens (tertiary/aromatic N) is 1. The second kappa shape index (κ2) is 9.09. The summed E-state index contributed by atoms with van der Waals surface area (Å²) in [6.07, 6.45) is 8.19. The highest BCUT2D eigenvalue weighted by molar-refractivity contribution is 7.92. The molecule has 1 aromatic carbocycles. The van der Waals surface area contributed by atoms with Gasteiger partial charge in [-0.1, -0.05) is 64.7 Å². The molecule has 5 nitrogen and oxygen atoms in total. The van der Waals surface area contributed by atoms with E-state index in [9.17, 15) is 13.2 Å². The second-order valence-corrected chi connectivity index (χ2v) is 10.5. The molecule has 152 valence electrons. The van der Waals surface area contributed by atoms with E-state index in [1.807, 2.05) is 24.3 Å². The predicted molar refractivity (Wildman–Crippen MR) is 112 cm³/mol. The van der Waals surface area contributed by atoms with E-state index in [2.05, 4.69) is 26.1 Å². The SMILES string of the molecule is CC(C)(C)c1ccccc1N(CCC(=O)NC1CCCCCC1)S(C)(=O)=O. The molecule has 0 aliphatic heterocycles. The Balaban J connectivity index is 2.11. The van der Waals surface area contributed by atoms with E-state index in [1.165, 1.54) is 23.4 Å². The number of nitrogens with one attached hydrogen (secondary N) is 1. The van der Waals surface area contributed by atoms with Crippen molar-refractivity contribution >= 4 is 21.6 Å². The molecular weight excluding hydrogens is 360 g/mol. The van der Waals surface area contributed by atoms with Crippen molar-refractivity contribution in [2.75, 3.05) is 17.1 Å². The number of carbonyl (C=O) groups excluding carboxylic acids is 1. The van der Waals surface area contributed by atoms with Gasteiger partial charge in [-0.05, 0) is 29.9 Å². The first-order valence-corrected chi connectivity index (χ1v) is 11.8. The minimum Gasteiger partial charge on any atom is -0.353 e. The first-order chi connectivity index (χ1) is 12.6. The second-order valence-electron chi connectivity index (χ2n) is 8.61. The van der Waals surface area contributed by atoms with Crippen LogP contribution >= 0.6 is 0 Å². The lowest BCUT2D eigenvalue weighted by Gasteiger charge is -2.30. The van der Waals surface area contributed by atoms with Crippen molar-refractivity contribution in [1.29, 1.82) is 0 Å². The Kier molecular flexibility index (Phi) is 7.32. The fraction of sp³-hybridized carbons (Fsp3) is 0.667. The van der Waals surface area contributed by atoms with Crippen LogP contribution in [0.4, 0.5) is 5.69 Å². The Morgan fingerprint density at radius 2 is 1.70 bits per heavy atom. The summed E-state index contributed by atoms with van der Waals surface area (Å²) in [6.45, 7) is 6.34. The number of amides is 1. The lowest BCUT2D eigenvalue weighted by Crippen LogP contribution is -2.39. The maximum atomic E-state index is 12.5. The van der Waals surface area contributed by atoms with Crippen molar-refractivity contribution in [2.24, 2.45) is 0 Å². The lowest BCUT2D eigenvalue weighted by atomic mass is 9.86. The average Bonchev–Trinajstić information content (AvgIpc) is 2.82. The number of hydrogen-bond donors (Lipinski definition) is 1. The van der Waals surface area contributed by atoms with Gasteiger partial charge in [-0.2, -0.15) is 0 Å². The van der Waals surface area contributed by atoms with Crippen molar-refractivity contribution in [1.82, 2.24) is 5.32 Å². The minimum atomic E-state index is -3.48. The van der Waals surface area contributed by atoms with Crippen LogP contribution in [0.3, 0.4) is 0 Å². The molecule has 1 amide bonds. The summed E-state index contributed by atoms with van der Waals surface area (Å²) in [4.78, 5) is 12.4. The maximum Gasteiger partial charge on any atom is 0.232 e. The van der Waals surface area contributed by atoms with Crippen LogP contribution in [-0.4, -0.2) is 33.2 Å². The van der Waals surface area contributed by atoms with Crippen molar-refractivity contribution in [2.45, 2.75) is 77.2 Å². The van der Waals surface area contributed by atoms with Crippen molar-refractivity contribution in [3.63, 3.8) is 0 Å². The van der Waals surface area contributed by atoms with Gasteiger partial charge in [0.2, 0.25) is 15.9 Å².